The number of imidazole rings is 1. The van der Waals surface area contributed by atoms with Crippen LogP contribution in [0.2, 0.25) is 0 Å². The number of phenolic OH excluding ortho intramolecular Hbond substituents is 1. The van der Waals surface area contributed by atoms with Crippen molar-refractivity contribution in [1.29, 1.82) is 5.41 Å². The molecule has 3 saturated heterocycles. The number of rotatable bonds is 23. The Kier molecular flexibility index (Phi) is 37.5. The number of aliphatic hydroxyl groups excluding tert-OH is 2. The lowest BCUT2D eigenvalue weighted by Crippen LogP contribution is -2.61. The Balaban J connectivity index is 1.08. The van der Waals surface area contributed by atoms with Gasteiger partial charge in [-0.3, -0.25) is 86.9 Å². The van der Waals surface area contributed by atoms with Gasteiger partial charge in [0.15, 0.2) is 5.96 Å². The largest absolute Gasteiger partial charge is 0.508 e. The summed E-state index contributed by atoms with van der Waals surface area (Å²) in [6.45, 7) is 5.49. The number of nitrogens with one attached hydrogen (secondary N) is 15. The van der Waals surface area contributed by atoms with Gasteiger partial charge in [0.25, 0.3) is 0 Å². The second-order valence-corrected chi connectivity index (χ2v) is 35.0. The average molecular weight is 1870 g/mol. The molecule has 133 heavy (non-hydrogen) atoms. The molecule has 3 aliphatic heterocycles. The van der Waals surface area contributed by atoms with E-state index in [1.54, 1.807) is 74.8 Å². The van der Waals surface area contributed by atoms with Gasteiger partial charge in [-0.25, -0.2) is 4.98 Å². The lowest BCUT2D eigenvalue weighted by molar-refractivity contribution is -0.148. The van der Waals surface area contributed by atoms with E-state index in [9.17, 15) is 58.5 Å². The molecule has 44 nitrogen and oxygen atoms in total. The fourth-order valence-corrected chi connectivity index (χ4v) is 17.0. The number of carbonyl (C=O) groups is 17. The molecule has 15 atom stereocenters. The van der Waals surface area contributed by atoms with E-state index in [4.69, 9.17) is 22.6 Å². The maximum atomic E-state index is 15.4. The summed E-state index contributed by atoms with van der Waals surface area (Å²) >= 11 is 0.755. The van der Waals surface area contributed by atoms with Gasteiger partial charge in [-0.05, 0) is 99.2 Å². The number of aromatic nitrogens is 4. The number of phenols is 1. The quantitative estimate of drug-likeness (QED) is 0.0165. The minimum atomic E-state index is -1.89. The number of nitrogens with zero attached hydrogens (tertiary/aromatic N) is 6. The third-order valence-corrected chi connectivity index (χ3v) is 24.7. The molecule has 17 amide bonds. The zero-order valence-electron chi connectivity index (χ0n) is 75.4. The number of para-hydroxylation sites is 2. The fraction of sp³-hybridized carbons (Fsp3) is 0.511. The highest BCUT2D eigenvalue weighted by molar-refractivity contribution is 8.00. The van der Waals surface area contributed by atoms with Gasteiger partial charge < -0.3 is 130 Å². The summed E-state index contributed by atoms with van der Waals surface area (Å²) in [4.78, 5) is 267. The van der Waals surface area contributed by atoms with E-state index in [-0.39, 0.29) is 89.0 Å². The van der Waals surface area contributed by atoms with E-state index >= 15 is 38.4 Å². The molecular formula is C88H122N24O20S. The van der Waals surface area contributed by atoms with Crippen LogP contribution in [0.4, 0.5) is 0 Å². The van der Waals surface area contributed by atoms with Crippen LogP contribution >= 0.6 is 11.8 Å². The summed E-state index contributed by atoms with van der Waals surface area (Å²) in [5.41, 5.74) is 19.7. The van der Waals surface area contributed by atoms with Crippen LogP contribution in [0.5, 0.6) is 5.75 Å². The predicted octanol–water partition coefficient (Wildman–Crippen LogP) is -4.10. The molecule has 3 aromatic heterocycles. The van der Waals surface area contributed by atoms with E-state index in [1.807, 2.05) is 6.92 Å². The van der Waals surface area contributed by atoms with Crippen LogP contribution < -0.4 is 75.7 Å². The standard InChI is InChI=1S/C88H122N24O20S/c1-9-10-22-68-80(125)100-59(21-15-28-94-88(91)92)76(121)107-67(75(120)97-40-72(90)117)43-133-44-73(118)99-63(31-49-24-26-53(114)27-25-49)84(129)108(6)47(4)74(119)103-65(36-71(89)116)86(131)111-29-16-23-69(111)81(126)102-61(34-52-39-93-45-98-52)78(123)104-62(30-46(2)3)87(132)112-41-54(115)35-70(112)82(127)101-60(32-50-37-95-57-19-13-11-17-55(50)57)77(122)106-66(42-113)79(124)105-64(85(130)109(7)48(5)83(128)110(68)8)33-51-38-96-58-20-14-12-18-56(51)58/h11-14,17-20,24-27,37-39,45-48,54,59-70,95-96,113-115H,9-10,15-16,21-23,28-36,40-44H2,1-8H3,(H2,89,116)(H2,90,117)(H,93,98)(H,97,120)(H,99,118)(H,100,125)(H,101,127)(H,102,126)(H,103,119)(H,104,123)(H,105,124)(H,106,122)(H,107,121)(H4,91,92,94)/t47-,48-,54+,59-,60-,61-,62-,63-,64-,65-,66-,67?,68-,69-,70-/m0/s1. The molecule has 0 bridgehead atoms. The number of likely N-dealkylation sites (N-methyl/N-ethyl adjacent to an activating group) is 3. The molecule has 1 unspecified atom stereocenters. The highest BCUT2D eigenvalue weighted by Crippen LogP contribution is 2.28. The lowest BCUT2D eigenvalue weighted by atomic mass is 10.0. The molecule has 3 aliphatic rings. The number of nitrogens with two attached hydrogens (primary N) is 3. The monoisotopic (exact) mass is 1870 g/mol. The van der Waals surface area contributed by atoms with E-state index in [2.05, 4.69) is 78.4 Å². The van der Waals surface area contributed by atoms with Gasteiger partial charge in [0.05, 0.1) is 37.8 Å². The van der Waals surface area contributed by atoms with E-state index in [1.165, 1.54) is 71.8 Å². The Morgan fingerprint density at radius 2 is 1.11 bits per heavy atom. The summed E-state index contributed by atoms with van der Waals surface area (Å²) in [5, 5.41) is 70.7. The Hall–Kier alpha value is -13.7. The molecule has 6 heterocycles. The third-order valence-electron chi connectivity index (χ3n) is 23.7. The number of guanidine groups is 1. The summed E-state index contributed by atoms with van der Waals surface area (Å²) in [7, 11) is 3.79. The third kappa shape index (κ3) is 28.4. The van der Waals surface area contributed by atoms with Gasteiger partial charge >= 0.3 is 0 Å². The molecule has 0 aliphatic carbocycles. The Morgan fingerprint density at radius 3 is 1.71 bits per heavy atom. The Morgan fingerprint density at radius 1 is 0.564 bits per heavy atom. The van der Waals surface area contributed by atoms with E-state index in [0.717, 1.165) is 36.3 Å². The summed E-state index contributed by atoms with van der Waals surface area (Å²) in [6, 6.07) is -2.43. The first kappa shape index (κ1) is 103. The van der Waals surface area contributed by atoms with Crippen molar-refractivity contribution in [2.45, 2.75) is 215 Å². The maximum Gasteiger partial charge on any atom is 0.246 e. The van der Waals surface area contributed by atoms with Crippen molar-refractivity contribution in [3.05, 3.63) is 120 Å². The van der Waals surface area contributed by atoms with Crippen LogP contribution in [-0.2, 0) is 107 Å². The van der Waals surface area contributed by atoms with Gasteiger partial charge in [0.2, 0.25) is 100 Å². The Bertz CT molecular complexity index is 5190. The summed E-state index contributed by atoms with van der Waals surface area (Å²) in [6.07, 6.45) is 2.77. The van der Waals surface area contributed by atoms with Crippen molar-refractivity contribution in [2.24, 2.45) is 23.1 Å². The van der Waals surface area contributed by atoms with Crippen LogP contribution in [0.25, 0.3) is 21.8 Å². The number of carbonyl (C=O) groups excluding carboxylic acids is 17. The molecule has 720 valence electrons. The lowest BCUT2D eigenvalue weighted by Gasteiger charge is -2.35. The molecule has 45 heteroatoms. The topological polar surface area (TPSA) is 662 Å². The molecule has 9 rings (SSSR count). The first-order valence-electron chi connectivity index (χ1n) is 44.0. The van der Waals surface area contributed by atoms with Crippen molar-refractivity contribution >= 4 is 140 Å². The fourth-order valence-electron chi connectivity index (χ4n) is 16.2. The van der Waals surface area contributed by atoms with Crippen molar-refractivity contribution in [3.8, 4) is 5.75 Å². The normalized spacial score (nSPS) is 25.0. The zero-order chi connectivity index (χ0) is 97.2. The highest BCUT2D eigenvalue weighted by Gasteiger charge is 2.47. The smallest absolute Gasteiger partial charge is 0.246 e. The van der Waals surface area contributed by atoms with Crippen molar-refractivity contribution in [3.63, 3.8) is 0 Å². The first-order valence-corrected chi connectivity index (χ1v) is 45.2. The number of hydrogen-bond acceptors (Lipinski definition) is 23. The Labute approximate surface area is 771 Å². The number of amides is 17. The number of fused-ring (bicyclic) bond motifs is 4. The van der Waals surface area contributed by atoms with Crippen LogP contribution in [0, 0.1) is 11.3 Å². The molecule has 24 N–H and O–H groups in total. The number of hydrogen-bond donors (Lipinski definition) is 21. The molecular weight excluding hydrogens is 1750 g/mol. The van der Waals surface area contributed by atoms with Crippen LogP contribution in [0.3, 0.4) is 0 Å². The molecule has 0 saturated carbocycles. The number of aromatic amines is 3. The molecule has 0 radical (unpaired) electrons. The zero-order valence-corrected chi connectivity index (χ0v) is 76.2. The molecule has 0 spiro atoms. The van der Waals surface area contributed by atoms with Crippen molar-refractivity contribution < 1.29 is 96.8 Å². The average Bonchev–Trinajstić information content (AvgIpc) is 1.62. The minimum Gasteiger partial charge on any atom is -0.508 e. The number of thioether (sulfide) groups is 1. The summed E-state index contributed by atoms with van der Waals surface area (Å²) < 4.78 is 0. The highest BCUT2D eigenvalue weighted by atomic mass is 32.2. The molecule has 3 fully saturated rings. The van der Waals surface area contributed by atoms with Gasteiger partial charge in [0, 0.05) is 125 Å². The van der Waals surface area contributed by atoms with Crippen molar-refractivity contribution in [1.82, 2.24) is 103 Å². The molecule has 6 aromatic rings. The number of unbranched alkanes of at least 4 members (excludes halogenated alkanes) is 1. The van der Waals surface area contributed by atoms with E-state index < -0.39 is 241 Å². The van der Waals surface area contributed by atoms with Gasteiger partial charge in [0.1, 0.15) is 90.3 Å². The van der Waals surface area contributed by atoms with Gasteiger partial charge in [-0.1, -0.05) is 82.1 Å². The van der Waals surface area contributed by atoms with Gasteiger partial charge in [-0.2, -0.15) is 0 Å². The molecule has 3 aromatic carbocycles. The minimum absolute atomic E-state index is 0.0173. The first-order chi connectivity index (χ1) is 63.2. The number of H-pyrrole nitrogens is 3. The number of primary amides is 2. The maximum absolute atomic E-state index is 15.4. The second kappa shape index (κ2) is 48.4. The number of benzene rings is 3. The second-order valence-electron chi connectivity index (χ2n) is 34.0. The number of aromatic hydroxyl groups is 1. The predicted molar refractivity (Wildman–Crippen MR) is 486 cm³/mol. The SMILES string of the molecule is CCCC[C@H]1C(=O)N[C@@H](CCCNC(=N)N)C(=O)NC(C(=O)NCC(N)=O)CSCC(=O)N[C@@H](Cc2ccc(O)cc2)C(=O)N(C)[C@@H](C)C(=O)N[C@@H](CC(N)=O)C(=O)N2CCC[C@H]2C(=O)N[C@@H](Cc2cnc[nH]2)C(=O)N[C@@H](CC(C)C)C(=O)N2C[C@H](O)C[C@H]2C(=O)N[C@@H](Cc2c[nH]c3ccccc23)C(=O)N[C@@H](CO)C(=O)N[C@@H](Cc2c[nH]c3ccccc23)C(=O)N(C)[C@@H](C)C(=O)N1C. The van der Waals surface area contributed by atoms with Crippen LogP contribution in [-0.4, -0.2) is 322 Å². The number of aliphatic hydroxyl groups is 2. The van der Waals surface area contributed by atoms with Crippen LogP contribution in [0.1, 0.15) is 121 Å². The summed E-state index contributed by atoms with van der Waals surface area (Å²) in [5.74, 6) is -18.2. The van der Waals surface area contributed by atoms with Gasteiger partial charge in [-0.15, -0.1) is 11.8 Å². The van der Waals surface area contributed by atoms with E-state index in [0.29, 0.717) is 57.0 Å². The van der Waals surface area contributed by atoms with Crippen LogP contribution in [0.15, 0.2) is 97.7 Å². The van der Waals surface area contributed by atoms with Crippen molar-refractivity contribution in [2.75, 3.05) is 65.4 Å².